The highest BCUT2D eigenvalue weighted by molar-refractivity contribution is 5.94. The van der Waals surface area contributed by atoms with Gasteiger partial charge in [-0.15, -0.1) is 0 Å². The third-order valence-corrected chi connectivity index (χ3v) is 5.28. The van der Waals surface area contributed by atoms with Gasteiger partial charge in [0.2, 0.25) is 0 Å². The Bertz CT molecular complexity index is 1230. The predicted octanol–water partition coefficient (Wildman–Crippen LogP) is 3.61. The van der Waals surface area contributed by atoms with Gasteiger partial charge in [0.1, 0.15) is 17.8 Å². The number of pyridine rings is 2. The molecule has 2 N–H and O–H groups in total. The molecule has 1 aliphatic rings. The lowest BCUT2D eigenvalue weighted by molar-refractivity contribution is 0.0950. The first-order valence-electron chi connectivity index (χ1n) is 10.3. The molecule has 8 heteroatoms. The molecule has 0 fully saturated rings. The summed E-state index contributed by atoms with van der Waals surface area (Å²) in [6.45, 7) is 1.49. The van der Waals surface area contributed by atoms with Gasteiger partial charge >= 0.3 is 0 Å². The van der Waals surface area contributed by atoms with Crippen LogP contribution in [0.5, 0.6) is 5.75 Å². The molecule has 4 heterocycles. The van der Waals surface area contributed by atoms with Gasteiger partial charge in [0.15, 0.2) is 6.39 Å². The zero-order chi connectivity index (χ0) is 21.8. The molecule has 0 atom stereocenters. The van der Waals surface area contributed by atoms with Crippen LogP contribution >= 0.6 is 0 Å². The number of benzene rings is 1. The summed E-state index contributed by atoms with van der Waals surface area (Å²) in [7, 11) is 0. The third-order valence-electron chi connectivity index (χ3n) is 5.28. The molecule has 1 aliphatic heterocycles. The van der Waals surface area contributed by atoms with Crippen molar-refractivity contribution >= 4 is 11.7 Å². The molecule has 32 heavy (non-hydrogen) atoms. The summed E-state index contributed by atoms with van der Waals surface area (Å²) in [5.74, 6) is 1.51. The largest absolute Gasteiger partial charge is 0.492 e. The molecule has 160 valence electrons. The molecule has 0 unspecified atom stereocenters. The maximum Gasteiger partial charge on any atom is 0.251 e. The lowest BCUT2D eigenvalue weighted by Crippen LogP contribution is -2.23. The molecule has 3 aromatic heterocycles. The molecule has 0 radical (unpaired) electrons. The summed E-state index contributed by atoms with van der Waals surface area (Å²) < 4.78 is 10.8. The van der Waals surface area contributed by atoms with Crippen molar-refractivity contribution < 1.29 is 13.9 Å². The normalized spacial score (nSPS) is 12.1. The van der Waals surface area contributed by atoms with Crippen molar-refractivity contribution in [2.24, 2.45) is 0 Å². The highest BCUT2D eigenvalue weighted by Gasteiger charge is 2.22. The summed E-state index contributed by atoms with van der Waals surface area (Å²) in [6.07, 6.45) is 9.00. The van der Waals surface area contributed by atoms with E-state index in [0.29, 0.717) is 31.0 Å². The van der Waals surface area contributed by atoms with Gasteiger partial charge in [-0.25, -0.2) is 9.97 Å². The fourth-order valence-electron chi connectivity index (χ4n) is 3.68. The number of carbonyl (C=O) groups is 1. The topological polar surface area (TPSA) is 102 Å². The van der Waals surface area contributed by atoms with E-state index in [4.69, 9.17) is 9.15 Å². The number of nitrogens with one attached hydrogen (secondary N) is 2. The van der Waals surface area contributed by atoms with E-state index in [-0.39, 0.29) is 5.91 Å². The Morgan fingerprint density at radius 1 is 1.09 bits per heavy atom. The molecule has 0 bridgehead atoms. The number of carbonyl (C=O) groups excluding carboxylic acids is 1. The molecular formula is C24H21N5O3. The number of amides is 1. The van der Waals surface area contributed by atoms with E-state index in [1.165, 1.54) is 12.7 Å². The van der Waals surface area contributed by atoms with E-state index in [2.05, 4.69) is 25.6 Å². The first-order valence-corrected chi connectivity index (χ1v) is 10.3. The van der Waals surface area contributed by atoms with Crippen LogP contribution in [0.15, 0.2) is 72.1 Å². The lowest BCUT2D eigenvalue weighted by atomic mass is 10.0. The quantitative estimate of drug-likeness (QED) is 0.464. The average molecular weight is 427 g/mol. The molecule has 0 aliphatic carbocycles. The Balaban J connectivity index is 1.28. The Hall–Kier alpha value is -4.20. The van der Waals surface area contributed by atoms with Gasteiger partial charge in [-0.1, -0.05) is 12.1 Å². The highest BCUT2D eigenvalue weighted by atomic mass is 16.5. The van der Waals surface area contributed by atoms with Crippen molar-refractivity contribution in [3.63, 3.8) is 0 Å². The van der Waals surface area contributed by atoms with E-state index < -0.39 is 0 Å². The third kappa shape index (κ3) is 4.15. The molecule has 4 aromatic rings. The van der Waals surface area contributed by atoms with Crippen molar-refractivity contribution in [1.82, 2.24) is 20.3 Å². The van der Waals surface area contributed by atoms with Gasteiger partial charge in [0.25, 0.3) is 5.91 Å². The zero-order valence-corrected chi connectivity index (χ0v) is 17.2. The fraction of sp³-hybridized carbons (Fsp3) is 0.167. The maximum absolute atomic E-state index is 12.5. The minimum Gasteiger partial charge on any atom is -0.492 e. The van der Waals surface area contributed by atoms with Crippen LogP contribution < -0.4 is 15.4 Å². The SMILES string of the molecule is O=C(NCc1cocn1)c1cccc(CNc2ncc(-c3ccncc3)c3c2CCO3)c1. The van der Waals surface area contributed by atoms with Crippen molar-refractivity contribution in [2.75, 3.05) is 11.9 Å². The van der Waals surface area contributed by atoms with E-state index in [1.807, 2.05) is 36.5 Å². The molecule has 1 aromatic carbocycles. The van der Waals surface area contributed by atoms with Crippen LogP contribution in [0.3, 0.4) is 0 Å². The van der Waals surface area contributed by atoms with Crippen LogP contribution in [-0.2, 0) is 19.5 Å². The Morgan fingerprint density at radius 2 is 2.00 bits per heavy atom. The molecule has 8 nitrogen and oxygen atoms in total. The minimum atomic E-state index is -0.163. The monoisotopic (exact) mass is 427 g/mol. The smallest absolute Gasteiger partial charge is 0.251 e. The molecule has 1 amide bonds. The Kier molecular flexibility index (Phi) is 5.48. The number of rotatable bonds is 7. The molecular weight excluding hydrogens is 406 g/mol. The van der Waals surface area contributed by atoms with Gasteiger partial charge in [-0.2, -0.15) is 0 Å². The second-order valence-electron chi connectivity index (χ2n) is 7.38. The first-order chi connectivity index (χ1) is 15.8. The fourth-order valence-corrected chi connectivity index (χ4v) is 3.68. The molecule has 5 rings (SSSR count). The van der Waals surface area contributed by atoms with Gasteiger partial charge in [0.05, 0.1) is 18.8 Å². The van der Waals surface area contributed by atoms with Crippen molar-refractivity contribution in [1.29, 1.82) is 0 Å². The number of anilines is 1. The minimum absolute atomic E-state index is 0.163. The van der Waals surface area contributed by atoms with E-state index in [1.54, 1.807) is 18.5 Å². The molecule has 0 spiro atoms. The van der Waals surface area contributed by atoms with E-state index >= 15 is 0 Å². The first kappa shape index (κ1) is 19.7. The average Bonchev–Trinajstić information content (AvgIpc) is 3.54. The summed E-state index contributed by atoms with van der Waals surface area (Å²) in [5.41, 5.74) is 5.31. The highest BCUT2D eigenvalue weighted by Crippen LogP contribution is 2.39. The zero-order valence-electron chi connectivity index (χ0n) is 17.2. The van der Waals surface area contributed by atoms with E-state index in [9.17, 15) is 4.79 Å². The second kappa shape index (κ2) is 8.89. The van der Waals surface area contributed by atoms with Crippen LogP contribution in [-0.4, -0.2) is 27.5 Å². The summed E-state index contributed by atoms with van der Waals surface area (Å²) in [5, 5.41) is 6.25. The summed E-state index contributed by atoms with van der Waals surface area (Å²) >= 11 is 0. The van der Waals surface area contributed by atoms with Crippen LogP contribution in [0.2, 0.25) is 0 Å². The number of ether oxygens (including phenoxy) is 1. The number of oxazole rings is 1. The molecule has 0 saturated heterocycles. The van der Waals surface area contributed by atoms with Crippen LogP contribution in [0, 0.1) is 0 Å². The number of fused-ring (bicyclic) bond motifs is 1. The Morgan fingerprint density at radius 3 is 2.84 bits per heavy atom. The lowest BCUT2D eigenvalue weighted by Gasteiger charge is -2.13. The van der Waals surface area contributed by atoms with Crippen molar-refractivity contribution in [2.45, 2.75) is 19.5 Å². The summed E-state index contributed by atoms with van der Waals surface area (Å²) in [6, 6.07) is 11.4. The van der Waals surface area contributed by atoms with Crippen molar-refractivity contribution in [3.05, 3.63) is 90.0 Å². The van der Waals surface area contributed by atoms with E-state index in [0.717, 1.165) is 40.2 Å². The molecule has 0 saturated carbocycles. The standard InChI is InChI=1S/C24H21N5O3/c30-24(28-12-19-14-31-15-29-19)18-3-1-2-16(10-18)11-26-23-20-6-9-32-22(20)21(13-27-23)17-4-7-25-8-5-17/h1-5,7-8,10,13-15H,6,9,11-12H2,(H,26,27)(H,28,30). The van der Waals surface area contributed by atoms with Gasteiger partial charge in [-0.05, 0) is 35.4 Å². The summed E-state index contributed by atoms with van der Waals surface area (Å²) in [4.78, 5) is 25.2. The number of aromatic nitrogens is 3. The van der Waals surface area contributed by atoms with Crippen LogP contribution in [0.4, 0.5) is 5.82 Å². The number of hydrogen-bond acceptors (Lipinski definition) is 7. The maximum atomic E-state index is 12.5. The van der Waals surface area contributed by atoms with Gasteiger partial charge in [0, 0.05) is 48.2 Å². The van der Waals surface area contributed by atoms with Gasteiger partial charge in [-0.3, -0.25) is 9.78 Å². The Labute approximate surface area is 184 Å². The van der Waals surface area contributed by atoms with Gasteiger partial charge < -0.3 is 19.8 Å². The van der Waals surface area contributed by atoms with Crippen LogP contribution in [0.1, 0.15) is 27.2 Å². The second-order valence-corrected chi connectivity index (χ2v) is 7.38. The predicted molar refractivity (Wildman–Crippen MR) is 118 cm³/mol. The number of nitrogens with zero attached hydrogens (tertiary/aromatic N) is 3. The van der Waals surface area contributed by atoms with Crippen LogP contribution in [0.25, 0.3) is 11.1 Å². The number of hydrogen-bond donors (Lipinski definition) is 2. The van der Waals surface area contributed by atoms with Crippen molar-refractivity contribution in [3.8, 4) is 16.9 Å².